The number of non-ortho nitro benzene ring substituents is 1. The first-order valence-electron chi connectivity index (χ1n) is 8.07. The molecular weight excluding hydrogens is 360 g/mol. The smallest absolute Gasteiger partial charge is 0.340 e. The van der Waals surface area contributed by atoms with E-state index in [2.05, 4.69) is 0 Å². The average Bonchev–Trinajstić information content (AvgIpc) is 2.67. The molecule has 2 aromatic rings. The molecule has 0 aromatic heterocycles. The van der Waals surface area contributed by atoms with Gasteiger partial charge in [0.15, 0.2) is 0 Å². The van der Waals surface area contributed by atoms with Crippen LogP contribution in [-0.2, 0) is 16.1 Å². The molecule has 26 heavy (non-hydrogen) atoms. The van der Waals surface area contributed by atoms with Gasteiger partial charge in [0.2, 0.25) is 0 Å². The Morgan fingerprint density at radius 1 is 1.19 bits per heavy atom. The van der Waals surface area contributed by atoms with Crippen LogP contribution in [0.3, 0.4) is 0 Å². The summed E-state index contributed by atoms with van der Waals surface area (Å²) in [7, 11) is 0. The van der Waals surface area contributed by atoms with Crippen LogP contribution in [0.4, 0.5) is 11.4 Å². The number of morpholine rings is 1. The quantitative estimate of drug-likeness (QED) is 0.451. The summed E-state index contributed by atoms with van der Waals surface area (Å²) in [6.45, 7) is 2.35. The van der Waals surface area contributed by atoms with E-state index in [-0.39, 0.29) is 17.9 Å². The SMILES string of the molecule is O=C(OCc1ccc(Cl)cc1)c1cc([N+](=O)[O-])ccc1N1CCOCC1. The van der Waals surface area contributed by atoms with E-state index in [4.69, 9.17) is 21.1 Å². The first-order valence-corrected chi connectivity index (χ1v) is 8.45. The van der Waals surface area contributed by atoms with E-state index in [9.17, 15) is 14.9 Å². The molecule has 1 heterocycles. The van der Waals surface area contributed by atoms with Crippen molar-refractivity contribution < 1.29 is 19.2 Å². The van der Waals surface area contributed by atoms with Gasteiger partial charge in [-0.2, -0.15) is 0 Å². The van der Waals surface area contributed by atoms with Gasteiger partial charge in [-0.05, 0) is 23.8 Å². The number of hydrogen-bond donors (Lipinski definition) is 0. The van der Waals surface area contributed by atoms with Crippen molar-refractivity contribution in [2.24, 2.45) is 0 Å². The van der Waals surface area contributed by atoms with Crippen LogP contribution in [-0.4, -0.2) is 37.2 Å². The molecule has 7 nitrogen and oxygen atoms in total. The van der Waals surface area contributed by atoms with Gasteiger partial charge in [0.05, 0.1) is 29.4 Å². The number of benzene rings is 2. The van der Waals surface area contributed by atoms with Crippen LogP contribution in [0, 0.1) is 10.1 Å². The van der Waals surface area contributed by atoms with Gasteiger partial charge in [0, 0.05) is 30.2 Å². The van der Waals surface area contributed by atoms with Crippen LogP contribution in [0.5, 0.6) is 0 Å². The molecule has 0 amide bonds. The molecule has 0 atom stereocenters. The molecule has 1 saturated heterocycles. The number of hydrogen-bond acceptors (Lipinski definition) is 6. The molecule has 0 spiro atoms. The predicted octanol–water partition coefficient (Wildman–Crippen LogP) is 3.44. The van der Waals surface area contributed by atoms with Gasteiger partial charge in [-0.3, -0.25) is 10.1 Å². The standard InChI is InChI=1S/C18H17ClN2O5/c19-14-3-1-13(2-4-14)12-26-18(22)16-11-15(21(23)24)5-6-17(16)20-7-9-25-10-8-20/h1-6,11H,7-10,12H2. The lowest BCUT2D eigenvalue weighted by Crippen LogP contribution is -2.37. The summed E-state index contributed by atoms with van der Waals surface area (Å²) in [6.07, 6.45) is 0. The van der Waals surface area contributed by atoms with Crippen LogP contribution in [0.15, 0.2) is 42.5 Å². The number of ether oxygens (including phenoxy) is 2. The van der Waals surface area contributed by atoms with Crippen molar-refractivity contribution in [3.8, 4) is 0 Å². The normalized spacial score (nSPS) is 14.1. The summed E-state index contributed by atoms with van der Waals surface area (Å²) in [5, 5.41) is 11.7. The molecule has 1 aliphatic rings. The van der Waals surface area contributed by atoms with Crippen molar-refractivity contribution in [3.05, 3.63) is 68.7 Å². The summed E-state index contributed by atoms with van der Waals surface area (Å²) in [6, 6.07) is 11.2. The van der Waals surface area contributed by atoms with E-state index in [0.717, 1.165) is 5.56 Å². The molecule has 3 rings (SSSR count). The number of carbonyl (C=O) groups excluding carboxylic acids is 1. The summed E-state index contributed by atoms with van der Waals surface area (Å²) in [5.74, 6) is -0.606. The molecule has 0 N–H and O–H groups in total. The van der Waals surface area contributed by atoms with Crippen LogP contribution in [0.2, 0.25) is 5.02 Å². The fraction of sp³-hybridized carbons (Fsp3) is 0.278. The number of rotatable bonds is 5. The summed E-state index contributed by atoms with van der Waals surface area (Å²) in [5.41, 5.74) is 1.41. The summed E-state index contributed by atoms with van der Waals surface area (Å²) in [4.78, 5) is 25.1. The van der Waals surface area contributed by atoms with E-state index < -0.39 is 10.9 Å². The first kappa shape index (κ1) is 18.2. The van der Waals surface area contributed by atoms with Gasteiger partial charge in [0.1, 0.15) is 6.61 Å². The zero-order valence-electron chi connectivity index (χ0n) is 13.9. The highest BCUT2D eigenvalue weighted by Gasteiger charge is 2.23. The van der Waals surface area contributed by atoms with Crippen molar-refractivity contribution in [2.75, 3.05) is 31.2 Å². The highest BCUT2D eigenvalue weighted by Crippen LogP contribution is 2.27. The van der Waals surface area contributed by atoms with E-state index >= 15 is 0 Å². The Balaban J connectivity index is 1.82. The topological polar surface area (TPSA) is 81.9 Å². The second-order valence-electron chi connectivity index (χ2n) is 5.76. The largest absolute Gasteiger partial charge is 0.457 e. The van der Waals surface area contributed by atoms with Gasteiger partial charge < -0.3 is 14.4 Å². The molecule has 8 heteroatoms. The van der Waals surface area contributed by atoms with Gasteiger partial charge in [-0.25, -0.2) is 4.79 Å². The molecule has 0 unspecified atom stereocenters. The summed E-state index contributed by atoms with van der Waals surface area (Å²) < 4.78 is 10.7. The summed E-state index contributed by atoms with van der Waals surface area (Å²) >= 11 is 5.84. The minimum atomic E-state index is -0.606. The number of nitro benzene ring substituents is 1. The van der Waals surface area contributed by atoms with Crippen molar-refractivity contribution in [2.45, 2.75) is 6.61 Å². The van der Waals surface area contributed by atoms with Crippen LogP contribution in [0.25, 0.3) is 0 Å². The minimum Gasteiger partial charge on any atom is -0.457 e. The Morgan fingerprint density at radius 2 is 1.88 bits per heavy atom. The Bertz CT molecular complexity index is 804. The minimum absolute atomic E-state index is 0.0568. The lowest BCUT2D eigenvalue weighted by atomic mass is 10.1. The highest BCUT2D eigenvalue weighted by molar-refractivity contribution is 6.30. The monoisotopic (exact) mass is 376 g/mol. The number of nitro groups is 1. The van der Waals surface area contributed by atoms with Crippen LogP contribution < -0.4 is 4.90 Å². The molecular formula is C18H17ClN2O5. The van der Waals surface area contributed by atoms with Gasteiger partial charge in [0.25, 0.3) is 5.69 Å². The Kier molecular flexibility index (Phi) is 5.70. The van der Waals surface area contributed by atoms with E-state index in [1.807, 2.05) is 4.90 Å². The Hall–Kier alpha value is -2.64. The van der Waals surface area contributed by atoms with Crippen LogP contribution >= 0.6 is 11.6 Å². The number of esters is 1. The molecule has 1 fully saturated rings. The maximum absolute atomic E-state index is 12.6. The van der Waals surface area contributed by atoms with Crippen molar-refractivity contribution >= 4 is 28.9 Å². The molecule has 0 radical (unpaired) electrons. The molecule has 1 aliphatic heterocycles. The average molecular weight is 377 g/mol. The third-order valence-corrected chi connectivity index (χ3v) is 4.30. The maximum Gasteiger partial charge on any atom is 0.340 e. The zero-order chi connectivity index (χ0) is 18.5. The first-order chi connectivity index (χ1) is 12.5. The molecule has 0 aliphatic carbocycles. The lowest BCUT2D eigenvalue weighted by molar-refractivity contribution is -0.384. The zero-order valence-corrected chi connectivity index (χ0v) is 14.6. The lowest BCUT2D eigenvalue weighted by Gasteiger charge is -2.30. The fourth-order valence-corrected chi connectivity index (χ4v) is 2.81. The second-order valence-corrected chi connectivity index (χ2v) is 6.20. The van der Waals surface area contributed by atoms with Gasteiger partial charge in [-0.15, -0.1) is 0 Å². The fourth-order valence-electron chi connectivity index (χ4n) is 2.69. The Morgan fingerprint density at radius 3 is 2.54 bits per heavy atom. The third kappa shape index (κ3) is 4.30. The molecule has 136 valence electrons. The highest BCUT2D eigenvalue weighted by atomic mass is 35.5. The molecule has 0 saturated carbocycles. The molecule has 0 bridgehead atoms. The number of nitrogens with zero attached hydrogens (tertiary/aromatic N) is 2. The number of anilines is 1. The number of halogens is 1. The Labute approximate surface area is 155 Å². The van der Waals surface area contributed by atoms with E-state index in [0.29, 0.717) is 37.0 Å². The van der Waals surface area contributed by atoms with Crippen molar-refractivity contribution in [1.82, 2.24) is 0 Å². The maximum atomic E-state index is 12.6. The van der Waals surface area contributed by atoms with Crippen LogP contribution in [0.1, 0.15) is 15.9 Å². The molecule has 2 aromatic carbocycles. The number of carbonyl (C=O) groups is 1. The van der Waals surface area contributed by atoms with Crippen molar-refractivity contribution in [1.29, 1.82) is 0 Å². The van der Waals surface area contributed by atoms with Gasteiger partial charge >= 0.3 is 5.97 Å². The van der Waals surface area contributed by atoms with E-state index in [1.165, 1.54) is 12.1 Å². The predicted molar refractivity (Wildman–Crippen MR) is 96.7 cm³/mol. The van der Waals surface area contributed by atoms with E-state index in [1.54, 1.807) is 30.3 Å². The third-order valence-electron chi connectivity index (χ3n) is 4.05. The van der Waals surface area contributed by atoms with Gasteiger partial charge in [-0.1, -0.05) is 23.7 Å². The second kappa shape index (κ2) is 8.16. The van der Waals surface area contributed by atoms with Crippen molar-refractivity contribution in [3.63, 3.8) is 0 Å².